The molecule has 0 atom stereocenters. The summed E-state index contributed by atoms with van der Waals surface area (Å²) in [6.45, 7) is 1.42. The number of hydrogen-bond acceptors (Lipinski definition) is 3. The highest BCUT2D eigenvalue weighted by atomic mass is 32.1. The predicted octanol–water partition coefficient (Wildman–Crippen LogP) is 3.85. The summed E-state index contributed by atoms with van der Waals surface area (Å²) in [7, 11) is 0. The van der Waals surface area contributed by atoms with E-state index in [9.17, 15) is 14.0 Å². The van der Waals surface area contributed by atoms with Crippen LogP contribution < -0.4 is 5.32 Å². The minimum Gasteiger partial charge on any atom is -0.352 e. The summed E-state index contributed by atoms with van der Waals surface area (Å²) >= 11 is 1.44. The number of likely N-dealkylation sites (tertiary alicyclic amines) is 1. The third-order valence-corrected chi connectivity index (χ3v) is 6.12. The van der Waals surface area contributed by atoms with Crippen LogP contribution in [0.5, 0.6) is 0 Å². The highest BCUT2D eigenvalue weighted by Gasteiger charge is 2.29. The summed E-state index contributed by atoms with van der Waals surface area (Å²) in [4.78, 5) is 28.0. The van der Waals surface area contributed by atoms with Crippen molar-refractivity contribution >= 4 is 23.2 Å². The molecule has 0 aliphatic carbocycles. The quantitative estimate of drug-likeness (QED) is 0.693. The maximum Gasteiger partial charge on any atom is 0.266 e. The van der Waals surface area contributed by atoms with Crippen LogP contribution in [0.1, 0.15) is 28.1 Å². The maximum atomic E-state index is 13.2. The standard InChI is InChI=1S/C22H22FN3O2S/c23-18-5-3-4-16(14-18)15-24-21(27)17-6-11-26(12-7-17)22(28)20-19(8-13-29-20)25-9-1-2-10-25/h1-5,8-10,13-14,17H,6-7,11-12,15H2,(H,24,27). The van der Waals surface area contributed by atoms with Gasteiger partial charge in [0, 0.05) is 37.9 Å². The van der Waals surface area contributed by atoms with Gasteiger partial charge in [0.25, 0.3) is 5.91 Å². The highest BCUT2D eigenvalue weighted by Crippen LogP contribution is 2.26. The number of carbonyl (C=O) groups excluding carboxylic acids is 2. The molecular weight excluding hydrogens is 389 g/mol. The molecule has 150 valence electrons. The van der Waals surface area contributed by atoms with Crippen LogP contribution in [0, 0.1) is 11.7 Å². The van der Waals surface area contributed by atoms with Gasteiger partial charge in [-0.15, -0.1) is 11.3 Å². The summed E-state index contributed by atoms with van der Waals surface area (Å²) in [6.07, 6.45) is 5.11. The van der Waals surface area contributed by atoms with Gasteiger partial charge in [-0.05, 0) is 54.1 Å². The van der Waals surface area contributed by atoms with E-state index >= 15 is 0 Å². The van der Waals surface area contributed by atoms with Crippen molar-refractivity contribution in [1.29, 1.82) is 0 Å². The molecular formula is C22H22FN3O2S. The molecule has 1 aliphatic rings. The van der Waals surface area contributed by atoms with Crippen LogP contribution in [0.25, 0.3) is 5.69 Å². The molecule has 2 amide bonds. The van der Waals surface area contributed by atoms with Gasteiger partial charge in [-0.25, -0.2) is 4.39 Å². The topological polar surface area (TPSA) is 54.3 Å². The zero-order chi connectivity index (χ0) is 20.2. The van der Waals surface area contributed by atoms with Gasteiger partial charge in [0.2, 0.25) is 5.91 Å². The van der Waals surface area contributed by atoms with Gasteiger partial charge >= 0.3 is 0 Å². The molecule has 1 aliphatic heterocycles. The zero-order valence-electron chi connectivity index (χ0n) is 15.9. The second-order valence-electron chi connectivity index (χ2n) is 7.14. The molecule has 3 aromatic rings. The number of aromatic nitrogens is 1. The lowest BCUT2D eigenvalue weighted by atomic mass is 9.95. The molecule has 1 aromatic carbocycles. The molecule has 1 saturated heterocycles. The van der Waals surface area contributed by atoms with Crippen LogP contribution in [0.15, 0.2) is 60.2 Å². The van der Waals surface area contributed by atoms with E-state index in [1.165, 1.54) is 23.5 Å². The molecule has 0 radical (unpaired) electrons. The summed E-state index contributed by atoms with van der Waals surface area (Å²) in [5.41, 5.74) is 1.63. The molecule has 5 nitrogen and oxygen atoms in total. The smallest absolute Gasteiger partial charge is 0.266 e. The summed E-state index contributed by atoms with van der Waals surface area (Å²) < 4.78 is 15.2. The van der Waals surface area contributed by atoms with Crippen LogP contribution in [0.2, 0.25) is 0 Å². The maximum absolute atomic E-state index is 13.2. The monoisotopic (exact) mass is 411 g/mol. The molecule has 0 unspecified atom stereocenters. The van der Waals surface area contributed by atoms with Gasteiger partial charge < -0.3 is 14.8 Å². The first-order valence-electron chi connectivity index (χ1n) is 9.64. The number of nitrogens with zero attached hydrogens (tertiary/aromatic N) is 2. The Bertz CT molecular complexity index is 991. The number of piperidine rings is 1. The lowest BCUT2D eigenvalue weighted by Gasteiger charge is -2.31. The third kappa shape index (κ3) is 4.40. The number of hydrogen-bond donors (Lipinski definition) is 1. The second kappa shape index (κ2) is 8.61. The highest BCUT2D eigenvalue weighted by molar-refractivity contribution is 7.12. The Kier molecular flexibility index (Phi) is 5.76. The number of thiophene rings is 1. The van der Waals surface area contributed by atoms with Crippen molar-refractivity contribution in [2.24, 2.45) is 5.92 Å². The Hall–Kier alpha value is -2.93. The van der Waals surface area contributed by atoms with Crippen molar-refractivity contribution in [3.05, 3.63) is 76.5 Å². The number of nitrogens with one attached hydrogen (secondary N) is 1. The van der Waals surface area contributed by atoms with E-state index in [-0.39, 0.29) is 23.5 Å². The molecule has 4 rings (SSSR count). The van der Waals surface area contributed by atoms with Crippen molar-refractivity contribution in [3.8, 4) is 5.69 Å². The first-order valence-corrected chi connectivity index (χ1v) is 10.5. The lowest BCUT2D eigenvalue weighted by Crippen LogP contribution is -2.42. The SMILES string of the molecule is O=C(NCc1cccc(F)c1)C1CCN(C(=O)c2sccc2-n2cccc2)CC1. The molecule has 0 saturated carbocycles. The fraction of sp³-hybridized carbons (Fsp3) is 0.273. The molecule has 7 heteroatoms. The van der Waals surface area contributed by atoms with Gasteiger partial charge in [-0.1, -0.05) is 12.1 Å². The number of benzene rings is 1. The number of rotatable bonds is 5. The molecule has 0 spiro atoms. The predicted molar refractivity (Wildman–Crippen MR) is 111 cm³/mol. The van der Waals surface area contributed by atoms with Crippen molar-refractivity contribution < 1.29 is 14.0 Å². The summed E-state index contributed by atoms with van der Waals surface area (Å²) in [6, 6.07) is 12.0. The van der Waals surface area contributed by atoms with E-state index in [2.05, 4.69) is 5.32 Å². The normalized spacial score (nSPS) is 14.7. The molecule has 29 heavy (non-hydrogen) atoms. The fourth-order valence-electron chi connectivity index (χ4n) is 3.63. The van der Waals surface area contributed by atoms with E-state index in [1.54, 1.807) is 12.1 Å². The van der Waals surface area contributed by atoms with Gasteiger partial charge in [0.05, 0.1) is 5.69 Å². The largest absolute Gasteiger partial charge is 0.352 e. The van der Waals surface area contributed by atoms with Crippen LogP contribution in [-0.2, 0) is 11.3 Å². The molecule has 3 heterocycles. The van der Waals surface area contributed by atoms with Crippen molar-refractivity contribution in [2.75, 3.05) is 13.1 Å². The summed E-state index contributed by atoms with van der Waals surface area (Å²) in [5, 5.41) is 4.81. The van der Waals surface area contributed by atoms with E-state index in [4.69, 9.17) is 0 Å². The molecule has 1 fully saturated rings. The average Bonchev–Trinajstić information content (AvgIpc) is 3.43. The zero-order valence-corrected chi connectivity index (χ0v) is 16.7. The minimum absolute atomic E-state index is 0.0160. The van der Waals surface area contributed by atoms with E-state index in [1.807, 2.05) is 45.4 Å². The van der Waals surface area contributed by atoms with Gasteiger partial charge in [0.1, 0.15) is 10.7 Å². The fourth-order valence-corrected chi connectivity index (χ4v) is 4.49. The first kappa shape index (κ1) is 19.4. The van der Waals surface area contributed by atoms with Gasteiger partial charge in [0.15, 0.2) is 0 Å². The molecule has 0 bridgehead atoms. The number of amides is 2. The number of carbonyl (C=O) groups is 2. The Morgan fingerprint density at radius 1 is 1.10 bits per heavy atom. The van der Waals surface area contributed by atoms with Gasteiger partial charge in [-0.3, -0.25) is 9.59 Å². The van der Waals surface area contributed by atoms with Crippen LogP contribution in [-0.4, -0.2) is 34.4 Å². The Balaban J connectivity index is 1.32. The number of halogens is 1. The summed E-state index contributed by atoms with van der Waals surface area (Å²) in [5.74, 6) is -0.455. The van der Waals surface area contributed by atoms with Crippen molar-refractivity contribution in [3.63, 3.8) is 0 Å². The van der Waals surface area contributed by atoms with E-state index in [0.29, 0.717) is 32.5 Å². The van der Waals surface area contributed by atoms with Crippen molar-refractivity contribution in [1.82, 2.24) is 14.8 Å². The molecule has 1 N–H and O–H groups in total. The van der Waals surface area contributed by atoms with E-state index in [0.717, 1.165) is 16.1 Å². The first-order chi connectivity index (χ1) is 14.1. The Morgan fingerprint density at radius 3 is 2.59 bits per heavy atom. The van der Waals surface area contributed by atoms with Crippen molar-refractivity contribution in [2.45, 2.75) is 19.4 Å². The Morgan fingerprint density at radius 2 is 1.86 bits per heavy atom. The molecule has 2 aromatic heterocycles. The van der Waals surface area contributed by atoms with Crippen LogP contribution in [0.3, 0.4) is 0 Å². The van der Waals surface area contributed by atoms with Crippen LogP contribution in [0.4, 0.5) is 4.39 Å². The van der Waals surface area contributed by atoms with Gasteiger partial charge in [-0.2, -0.15) is 0 Å². The average molecular weight is 412 g/mol. The second-order valence-corrected chi connectivity index (χ2v) is 8.06. The van der Waals surface area contributed by atoms with E-state index < -0.39 is 0 Å². The third-order valence-electron chi connectivity index (χ3n) is 5.23. The van der Waals surface area contributed by atoms with Crippen LogP contribution >= 0.6 is 11.3 Å². The minimum atomic E-state index is -0.309. The lowest BCUT2D eigenvalue weighted by molar-refractivity contribution is -0.126. The Labute approximate surface area is 172 Å².